The molecule has 0 amide bonds. The van der Waals surface area contributed by atoms with Crippen LogP contribution in [0.5, 0.6) is 0 Å². The number of nitrogens with zero attached hydrogens (tertiary/aromatic N) is 3. The molecule has 2 atom stereocenters. The highest BCUT2D eigenvalue weighted by Gasteiger charge is 2.34. The SMILES string of the molecule is CCc1cc(CN)cc(N2CC3CCCN3CC2C)n1. The predicted molar refractivity (Wildman–Crippen MR) is 82.9 cm³/mol. The molecule has 3 heterocycles. The van der Waals surface area contributed by atoms with Gasteiger partial charge in [-0.15, -0.1) is 0 Å². The van der Waals surface area contributed by atoms with Gasteiger partial charge in [-0.1, -0.05) is 6.92 Å². The van der Waals surface area contributed by atoms with Crippen LogP contribution in [-0.4, -0.2) is 41.6 Å². The van der Waals surface area contributed by atoms with Gasteiger partial charge < -0.3 is 10.6 Å². The molecular formula is C16H26N4. The van der Waals surface area contributed by atoms with Crippen LogP contribution in [0.1, 0.15) is 37.9 Å². The van der Waals surface area contributed by atoms with Gasteiger partial charge in [-0.3, -0.25) is 4.90 Å². The van der Waals surface area contributed by atoms with Gasteiger partial charge >= 0.3 is 0 Å². The molecule has 0 spiro atoms. The summed E-state index contributed by atoms with van der Waals surface area (Å²) in [5, 5.41) is 0. The number of fused-ring (bicyclic) bond motifs is 1. The molecule has 3 rings (SSSR count). The summed E-state index contributed by atoms with van der Waals surface area (Å²) in [6.45, 7) is 8.63. The lowest BCUT2D eigenvalue weighted by Gasteiger charge is -2.43. The molecule has 2 saturated heterocycles. The van der Waals surface area contributed by atoms with Crippen LogP contribution in [0, 0.1) is 0 Å². The normalized spacial score (nSPS) is 26.9. The average Bonchev–Trinajstić information content (AvgIpc) is 2.92. The molecule has 0 bridgehead atoms. The van der Waals surface area contributed by atoms with Gasteiger partial charge in [0.05, 0.1) is 0 Å². The summed E-state index contributed by atoms with van der Waals surface area (Å²) < 4.78 is 0. The van der Waals surface area contributed by atoms with Crippen molar-refractivity contribution in [3.05, 3.63) is 23.4 Å². The monoisotopic (exact) mass is 274 g/mol. The van der Waals surface area contributed by atoms with E-state index in [1.165, 1.54) is 31.5 Å². The highest BCUT2D eigenvalue weighted by molar-refractivity contribution is 5.45. The third-order valence-electron chi connectivity index (χ3n) is 4.75. The van der Waals surface area contributed by atoms with Gasteiger partial charge in [0, 0.05) is 37.4 Å². The zero-order chi connectivity index (χ0) is 14.1. The first kappa shape index (κ1) is 13.8. The Hall–Kier alpha value is -1.13. The molecule has 1 aromatic heterocycles. The van der Waals surface area contributed by atoms with Crippen LogP contribution in [0.25, 0.3) is 0 Å². The van der Waals surface area contributed by atoms with Crippen LogP contribution >= 0.6 is 0 Å². The van der Waals surface area contributed by atoms with Crippen molar-refractivity contribution in [2.75, 3.05) is 24.5 Å². The van der Waals surface area contributed by atoms with Gasteiger partial charge in [0.15, 0.2) is 0 Å². The standard InChI is InChI=1S/C16H26N4/c1-3-14-7-13(9-17)8-16(18-14)20-11-15-5-4-6-19(15)10-12(20)2/h7-8,12,15H,3-6,9-11,17H2,1-2H3. The maximum Gasteiger partial charge on any atom is 0.129 e. The summed E-state index contributed by atoms with van der Waals surface area (Å²) in [6, 6.07) is 5.58. The van der Waals surface area contributed by atoms with Gasteiger partial charge in [-0.05, 0) is 50.4 Å². The lowest BCUT2D eigenvalue weighted by molar-refractivity contribution is 0.202. The highest BCUT2D eigenvalue weighted by atomic mass is 15.3. The first-order valence-electron chi connectivity index (χ1n) is 7.92. The van der Waals surface area contributed by atoms with Gasteiger partial charge in [0.1, 0.15) is 5.82 Å². The Kier molecular flexibility index (Phi) is 3.94. The van der Waals surface area contributed by atoms with E-state index in [9.17, 15) is 0 Å². The molecule has 2 unspecified atom stereocenters. The maximum absolute atomic E-state index is 5.84. The summed E-state index contributed by atoms with van der Waals surface area (Å²) in [7, 11) is 0. The summed E-state index contributed by atoms with van der Waals surface area (Å²) in [5.74, 6) is 1.13. The zero-order valence-corrected chi connectivity index (χ0v) is 12.7. The summed E-state index contributed by atoms with van der Waals surface area (Å²) in [6.07, 6.45) is 3.65. The molecule has 0 aliphatic carbocycles. The minimum Gasteiger partial charge on any atom is -0.351 e. The van der Waals surface area contributed by atoms with Crippen molar-refractivity contribution in [3.63, 3.8) is 0 Å². The van der Waals surface area contributed by atoms with Crippen LogP contribution < -0.4 is 10.6 Å². The van der Waals surface area contributed by atoms with Crippen molar-refractivity contribution in [1.29, 1.82) is 0 Å². The number of pyridine rings is 1. The Balaban J connectivity index is 1.87. The number of hydrogen-bond acceptors (Lipinski definition) is 4. The van der Waals surface area contributed by atoms with E-state index >= 15 is 0 Å². The van der Waals surface area contributed by atoms with E-state index in [1.807, 2.05) is 0 Å². The van der Waals surface area contributed by atoms with E-state index in [4.69, 9.17) is 10.7 Å². The van der Waals surface area contributed by atoms with E-state index in [-0.39, 0.29) is 0 Å². The fourth-order valence-corrected chi connectivity index (χ4v) is 3.59. The van der Waals surface area contributed by atoms with E-state index < -0.39 is 0 Å². The van der Waals surface area contributed by atoms with Crippen molar-refractivity contribution >= 4 is 5.82 Å². The number of aromatic nitrogens is 1. The second-order valence-electron chi connectivity index (χ2n) is 6.17. The summed E-state index contributed by atoms with van der Waals surface area (Å²) in [5.41, 5.74) is 8.20. The lowest BCUT2D eigenvalue weighted by atomic mass is 10.1. The second kappa shape index (κ2) is 5.70. The van der Waals surface area contributed by atoms with Crippen molar-refractivity contribution in [2.24, 2.45) is 5.73 Å². The van der Waals surface area contributed by atoms with Gasteiger partial charge in [0.25, 0.3) is 0 Å². The van der Waals surface area contributed by atoms with Crippen LogP contribution in [0.3, 0.4) is 0 Å². The largest absolute Gasteiger partial charge is 0.351 e. The molecule has 4 heteroatoms. The Morgan fingerprint density at radius 2 is 2.20 bits per heavy atom. The third kappa shape index (κ3) is 2.54. The highest BCUT2D eigenvalue weighted by Crippen LogP contribution is 2.28. The smallest absolute Gasteiger partial charge is 0.129 e. The van der Waals surface area contributed by atoms with E-state index in [1.54, 1.807) is 0 Å². The van der Waals surface area contributed by atoms with Crippen molar-refractivity contribution in [1.82, 2.24) is 9.88 Å². The van der Waals surface area contributed by atoms with Crippen molar-refractivity contribution < 1.29 is 0 Å². The molecule has 0 saturated carbocycles. The quantitative estimate of drug-likeness (QED) is 0.912. The molecule has 1 aromatic rings. The Labute approximate surface area is 122 Å². The van der Waals surface area contributed by atoms with E-state index in [2.05, 4.69) is 35.8 Å². The minimum absolute atomic E-state index is 0.537. The topological polar surface area (TPSA) is 45.4 Å². The van der Waals surface area contributed by atoms with Crippen LogP contribution in [0.2, 0.25) is 0 Å². The zero-order valence-electron chi connectivity index (χ0n) is 12.7. The maximum atomic E-state index is 5.84. The molecule has 2 aliphatic heterocycles. The van der Waals surface area contributed by atoms with Gasteiger partial charge in [-0.2, -0.15) is 0 Å². The van der Waals surface area contributed by atoms with Gasteiger partial charge in [-0.25, -0.2) is 4.98 Å². The third-order valence-corrected chi connectivity index (χ3v) is 4.75. The summed E-state index contributed by atoms with van der Waals surface area (Å²) in [4.78, 5) is 9.98. The van der Waals surface area contributed by atoms with E-state index in [0.29, 0.717) is 12.6 Å². The Morgan fingerprint density at radius 1 is 1.35 bits per heavy atom. The number of aryl methyl sites for hydroxylation is 1. The van der Waals surface area contributed by atoms with Crippen molar-refractivity contribution in [3.8, 4) is 0 Å². The number of anilines is 1. The number of piperazine rings is 1. The second-order valence-corrected chi connectivity index (χ2v) is 6.17. The molecule has 0 aromatic carbocycles. The lowest BCUT2D eigenvalue weighted by Crippen LogP contribution is -2.55. The van der Waals surface area contributed by atoms with Crippen LogP contribution in [0.4, 0.5) is 5.82 Å². The first-order valence-corrected chi connectivity index (χ1v) is 7.92. The number of hydrogen-bond donors (Lipinski definition) is 1. The summed E-state index contributed by atoms with van der Waals surface area (Å²) >= 11 is 0. The number of nitrogens with two attached hydrogens (primary N) is 1. The number of rotatable bonds is 3. The van der Waals surface area contributed by atoms with Gasteiger partial charge in [0.2, 0.25) is 0 Å². The molecular weight excluding hydrogens is 248 g/mol. The molecule has 4 nitrogen and oxygen atoms in total. The van der Waals surface area contributed by atoms with Crippen LogP contribution in [-0.2, 0) is 13.0 Å². The fraction of sp³-hybridized carbons (Fsp3) is 0.688. The molecule has 110 valence electrons. The molecule has 2 fully saturated rings. The molecule has 0 radical (unpaired) electrons. The van der Waals surface area contributed by atoms with E-state index in [0.717, 1.165) is 30.5 Å². The van der Waals surface area contributed by atoms with Crippen LogP contribution in [0.15, 0.2) is 12.1 Å². The predicted octanol–water partition coefficient (Wildman–Crippen LogP) is 1.78. The Morgan fingerprint density at radius 3 is 2.95 bits per heavy atom. The van der Waals surface area contributed by atoms with Crippen molar-refractivity contribution in [2.45, 2.75) is 51.7 Å². The molecule has 2 N–H and O–H groups in total. The fourth-order valence-electron chi connectivity index (χ4n) is 3.59. The first-order chi connectivity index (χ1) is 9.71. The Bertz CT molecular complexity index is 451. The molecule has 2 aliphatic rings. The minimum atomic E-state index is 0.537. The molecule has 20 heavy (non-hydrogen) atoms. The average molecular weight is 274 g/mol.